The van der Waals surface area contributed by atoms with Gasteiger partial charge in [-0.05, 0) is 49.2 Å². The SMILES string of the molecule is CCCCOc1ccc(/C=C(\C#N)C(=O)Nc2ccc(OC)c(OC)c2)cc1OCC. The zero-order valence-electron chi connectivity index (χ0n) is 18.4. The van der Waals surface area contributed by atoms with Crippen LogP contribution >= 0.6 is 0 Å². The first kappa shape index (κ1) is 23.6. The van der Waals surface area contributed by atoms with Crippen LogP contribution in [0.4, 0.5) is 5.69 Å². The van der Waals surface area contributed by atoms with Crippen molar-refractivity contribution in [1.82, 2.24) is 0 Å². The largest absolute Gasteiger partial charge is 0.493 e. The van der Waals surface area contributed by atoms with Crippen LogP contribution in [0.5, 0.6) is 23.0 Å². The van der Waals surface area contributed by atoms with Crippen molar-refractivity contribution in [2.75, 3.05) is 32.8 Å². The smallest absolute Gasteiger partial charge is 0.266 e. The van der Waals surface area contributed by atoms with Gasteiger partial charge in [0.15, 0.2) is 23.0 Å². The van der Waals surface area contributed by atoms with E-state index in [0.717, 1.165) is 12.8 Å². The monoisotopic (exact) mass is 424 g/mol. The standard InChI is InChI=1S/C24H28N2O5/c1-5-7-12-31-21-10-8-17(14-23(21)30-6-2)13-18(16-25)24(27)26-19-9-11-20(28-3)22(15-19)29-4/h8-11,13-15H,5-7,12H2,1-4H3,(H,26,27)/b18-13+. The van der Waals surface area contributed by atoms with Crippen molar-refractivity contribution in [2.24, 2.45) is 0 Å². The summed E-state index contributed by atoms with van der Waals surface area (Å²) in [6.07, 6.45) is 3.49. The molecule has 1 amide bonds. The van der Waals surface area contributed by atoms with Crippen molar-refractivity contribution in [2.45, 2.75) is 26.7 Å². The average molecular weight is 424 g/mol. The molecule has 0 saturated carbocycles. The molecule has 0 aromatic heterocycles. The number of unbranched alkanes of at least 4 members (excludes halogenated alkanes) is 1. The molecule has 0 aliphatic carbocycles. The number of hydrogen-bond acceptors (Lipinski definition) is 6. The molecule has 0 unspecified atom stereocenters. The number of hydrogen-bond donors (Lipinski definition) is 1. The minimum atomic E-state index is -0.532. The van der Waals surface area contributed by atoms with E-state index in [1.807, 2.05) is 13.0 Å². The molecule has 0 radical (unpaired) electrons. The first-order valence-corrected chi connectivity index (χ1v) is 10.1. The van der Waals surface area contributed by atoms with Gasteiger partial charge >= 0.3 is 0 Å². The maximum absolute atomic E-state index is 12.6. The van der Waals surface area contributed by atoms with Gasteiger partial charge in [-0.1, -0.05) is 19.4 Å². The van der Waals surface area contributed by atoms with Gasteiger partial charge in [0.05, 0.1) is 27.4 Å². The maximum atomic E-state index is 12.6. The van der Waals surface area contributed by atoms with E-state index in [0.29, 0.717) is 47.5 Å². The Morgan fingerprint density at radius 1 is 1.00 bits per heavy atom. The highest BCUT2D eigenvalue weighted by Crippen LogP contribution is 2.31. The van der Waals surface area contributed by atoms with E-state index in [1.165, 1.54) is 20.3 Å². The molecule has 2 rings (SSSR count). The van der Waals surface area contributed by atoms with E-state index in [4.69, 9.17) is 18.9 Å². The van der Waals surface area contributed by atoms with E-state index >= 15 is 0 Å². The molecule has 7 heteroatoms. The lowest BCUT2D eigenvalue weighted by molar-refractivity contribution is -0.112. The van der Waals surface area contributed by atoms with Crippen LogP contribution < -0.4 is 24.3 Å². The number of methoxy groups -OCH3 is 2. The van der Waals surface area contributed by atoms with Crippen LogP contribution in [0.15, 0.2) is 42.0 Å². The molecule has 0 fully saturated rings. The van der Waals surface area contributed by atoms with Crippen LogP contribution in [0.1, 0.15) is 32.3 Å². The Hall–Kier alpha value is -3.66. The van der Waals surface area contributed by atoms with E-state index < -0.39 is 5.91 Å². The number of anilines is 1. The van der Waals surface area contributed by atoms with Gasteiger partial charge in [0, 0.05) is 11.8 Å². The van der Waals surface area contributed by atoms with Crippen LogP contribution in [-0.2, 0) is 4.79 Å². The molecule has 7 nitrogen and oxygen atoms in total. The van der Waals surface area contributed by atoms with Crippen LogP contribution in [-0.4, -0.2) is 33.3 Å². The van der Waals surface area contributed by atoms with Crippen LogP contribution in [0.2, 0.25) is 0 Å². The van der Waals surface area contributed by atoms with Crippen molar-refractivity contribution >= 4 is 17.7 Å². The quantitative estimate of drug-likeness (QED) is 0.316. The number of nitriles is 1. The lowest BCUT2D eigenvalue weighted by atomic mass is 10.1. The Kier molecular flexibility index (Phi) is 9.24. The summed E-state index contributed by atoms with van der Waals surface area (Å²) in [6.45, 7) is 5.05. The van der Waals surface area contributed by atoms with Gasteiger partial charge in [-0.25, -0.2) is 0 Å². The fourth-order valence-corrected chi connectivity index (χ4v) is 2.76. The summed E-state index contributed by atoms with van der Waals surface area (Å²) in [4.78, 5) is 12.6. The summed E-state index contributed by atoms with van der Waals surface area (Å²) in [5.41, 5.74) is 1.10. The average Bonchev–Trinajstić information content (AvgIpc) is 2.78. The Morgan fingerprint density at radius 2 is 1.74 bits per heavy atom. The molecule has 0 aliphatic heterocycles. The molecular weight excluding hydrogens is 396 g/mol. The first-order chi connectivity index (χ1) is 15.1. The number of benzene rings is 2. The normalized spacial score (nSPS) is 10.7. The molecule has 0 heterocycles. The first-order valence-electron chi connectivity index (χ1n) is 10.1. The number of carbonyl (C=O) groups is 1. The van der Waals surface area contributed by atoms with E-state index in [1.54, 1.807) is 36.4 Å². The minimum absolute atomic E-state index is 0.0446. The molecule has 2 aromatic carbocycles. The third kappa shape index (κ3) is 6.68. The summed E-state index contributed by atoms with van der Waals surface area (Å²) >= 11 is 0. The molecule has 0 bridgehead atoms. The minimum Gasteiger partial charge on any atom is -0.493 e. The Morgan fingerprint density at radius 3 is 2.39 bits per heavy atom. The summed E-state index contributed by atoms with van der Waals surface area (Å²) in [7, 11) is 3.04. The number of ether oxygens (including phenoxy) is 4. The second-order valence-corrected chi connectivity index (χ2v) is 6.53. The van der Waals surface area contributed by atoms with E-state index in [-0.39, 0.29) is 5.57 Å². The fraction of sp³-hybridized carbons (Fsp3) is 0.333. The number of amides is 1. The molecule has 164 valence electrons. The molecule has 0 saturated heterocycles. The Labute approximate surface area is 183 Å². The van der Waals surface area contributed by atoms with E-state index in [9.17, 15) is 10.1 Å². The predicted octanol–water partition coefficient (Wildman–Crippen LogP) is 4.83. The molecule has 31 heavy (non-hydrogen) atoms. The zero-order valence-corrected chi connectivity index (χ0v) is 18.4. The second kappa shape index (κ2) is 12.1. The molecule has 0 spiro atoms. The van der Waals surface area contributed by atoms with Crippen LogP contribution in [0.3, 0.4) is 0 Å². The van der Waals surface area contributed by atoms with Gasteiger partial charge in [0.1, 0.15) is 11.6 Å². The van der Waals surface area contributed by atoms with Gasteiger partial charge in [-0.15, -0.1) is 0 Å². The predicted molar refractivity (Wildman–Crippen MR) is 120 cm³/mol. The van der Waals surface area contributed by atoms with Crippen molar-refractivity contribution in [3.63, 3.8) is 0 Å². The Bertz CT molecular complexity index is 963. The Balaban J connectivity index is 2.22. The third-order valence-electron chi connectivity index (χ3n) is 4.34. The van der Waals surface area contributed by atoms with Gasteiger partial charge in [0.25, 0.3) is 5.91 Å². The van der Waals surface area contributed by atoms with E-state index in [2.05, 4.69) is 12.2 Å². The van der Waals surface area contributed by atoms with Crippen LogP contribution in [0, 0.1) is 11.3 Å². The van der Waals surface area contributed by atoms with Gasteiger partial charge in [0.2, 0.25) is 0 Å². The lowest BCUT2D eigenvalue weighted by Gasteiger charge is -2.12. The fourth-order valence-electron chi connectivity index (χ4n) is 2.76. The maximum Gasteiger partial charge on any atom is 0.266 e. The lowest BCUT2D eigenvalue weighted by Crippen LogP contribution is -2.13. The molecule has 0 aliphatic rings. The molecular formula is C24H28N2O5. The van der Waals surface area contributed by atoms with Gasteiger partial charge in [-0.2, -0.15) is 5.26 Å². The van der Waals surface area contributed by atoms with Crippen molar-refractivity contribution in [3.8, 4) is 29.1 Å². The number of carbonyl (C=O) groups excluding carboxylic acids is 1. The second-order valence-electron chi connectivity index (χ2n) is 6.53. The summed E-state index contributed by atoms with van der Waals surface area (Å²) in [5, 5.41) is 12.2. The van der Waals surface area contributed by atoms with Crippen molar-refractivity contribution in [3.05, 3.63) is 47.5 Å². The number of nitrogens with one attached hydrogen (secondary N) is 1. The van der Waals surface area contributed by atoms with Gasteiger partial charge in [-0.3, -0.25) is 4.79 Å². The summed E-state index contributed by atoms with van der Waals surface area (Å²) in [6, 6.07) is 12.2. The molecule has 1 N–H and O–H groups in total. The molecule has 2 aromatic rings. The van der Waals surface area contributed by atoms with Crippen LogP contribution in [0.25, 0.3) is 6.08 Å². The zero-order chi connectivity index (χ0) is 22.6. The van der Waals surface area contributed by atoms with Gasteiger partial charge < -0.3 is 24.3 Å². The van der Waals surface area contributed by atoms with Crippen molar-refractivity contribution in [1.29, 1.82) is 5.26 Å². The topological polar surface area (TPSA) is 89.8 Å². The highest BCUT2D eigenvalue weighted by Gasteiger charge is 2.13. The third-order valence-corrected chi connectivity index (χ3v) is 4.34. The number of nitrogens with zero attached hydrogens (tertiary/aromatic N) is 1. The van der Waals surface area contributed by atoms with Crippen molar-refractivity contribution < 1.29 is 23.7 Å². The number of rotatable bonds is 11. The summed E-state index contributed by atoms with van der Waals surface area (Å²) in [5.74, 6) is 1.70. The highest BCUT2D eigenvalue weighted by molar-refractivity contribution is 6.09. The highest BCUT2D eigenvalue weighted by atomic mass is 16.5. The summed E-state index contributed by atoms with van der Waals surface area (Å²) < 4.78 is 21.9. The molecule has 0 atom stereocenters.